The number of amides is 1. The summed E-state index contributed by atoms with van der Waals surface area (Å²) in [5.41, 5.74) is 2.51. The minimum Gasteiger partial charge on any atom is -0.372 e. The molecule has 0 aromatic heterocycles. The van der Waals surface area contributed by atoms with E-state index >= 15 is 0 Å². The summed E-state index contributed by atoms with van der Waals surface area (Å²) >= 11 is 0. The Hall–Kier alpha value is -1.35. The van der Waals surface area contributed by atoms with Gasteiger partial charge in [-0.3, -0.25) is 9.79 Å². The van der Waals surface area contributed by atoms with Gasteiger partial charge in [0.1, 0.15) is 0 Å². The highest BCUT2D eigenvalue weighted by Crippen LogP contribution is 2.20. The second-order valence-electron chi connectivity index (χ2n) is 8.65. The van der Waals surface area contributed by atoms with Gasteiger partial charge in [0.25, 0.3) is 0 Å². The fraction of sp³-hybridized carbons (Fsp3) is 0.636. The lowest BCUT2D eigenvalue weighted by Crippen LogP contribution is -2.50. The number of likely N-dealkylation sites (tertiary alicyclic amines) is 1. The van der Waals surface area contributed by atoms with Crippen LogP contribution >= 0.6 is 24.0 Å². The molecule has 2 aliphatic rings. The highest BCUT2D eigenvalue weighted by molar-refractivity contribution is 14.0. The van der Waals surface area contributed by atoms with E-state index in [4.69, 9.17) is 4.74 Å². The number of guanidine groups is 1. The van der Waals surface area contributed by atoms with E-state index in [-0.39, 0.29) is 42.0 Å². The van der Waals surface area contributed by atoms with Crippen LogP contribution in [0.1, 0.15) is 44.7 Å². The molecule has 2 heterocycles. The van der Waals surface area contributed by atoms with Gasteiger partial charge in [-0.15, -0.1) is 24.0 Å². The van der Waals surface area contributed by atoms with Crippen LogP contribution in [-0.4, -0.2) is 66.6 Å². The first kappa shape index (κ1) is 23.9. The van der Waals surface area contributed by atoms with Crippen molar-refractivity contribution in [3.8, 4) is 0 Å². The molecule has 162 valence electrons. The molecule has 0 atom stereocenters. The van der Waals surface area contributed by atoms with E-state index in [9.17, 15) is 4.79 Å². The number of ether oxygens (including phenoxy) is 1. The van der Waals surface area contributed by atoms with E-state index in [1.165, 1.54) is 11.1 Å². The molecular formula is C22H35IN4O2. The summed E-state index contributed by atoms with van der Waals surface area (Å²) < 4.78 is 6.10. The zero-order valence-corrected chi connectivity index (χ0v) is 20.4. The summed E-state index contributed by atoms with van der Waals surface area (Å²) in [6.45, 7) is 9.86. The number of carbonyl (C=O) groups is 1. The summed E-state index contributed by atoms with van der Waals surface area (Å²) in [6.07, 6.45) is 3.19. The van der Waals surface area contributed by atoms with Gasteiger partial charge < -0.3 is 19.9 Å². The van der Waals surface area contributed by atoms with Crippen molar-refractivity contribution >= 4 is 35.8 Å². The van der Waals surface area contributed by atoms with Crippen molar-refractivity contribution < 1.29 is 9.53 Å². The fourth-order valence-corrected chi connectivity index (χ4v) is 3.99. The van der Waals surface area contributed by atoms with E-state index in [1.807, 2.05) is 11.0 Å². The van der Waals surface area contributed by atoms with E-state index in [0.29, 0.717) is 12.6 Å². The van der Waals surface area contributed by atoms with Crippen LogP contribution in [-0.2, 0) is 22.5 Å². The molecule has 1 fully saturated rings. The molecule has 0 unspecified atom stereocenters. The Balaban J connectivity index is 0.00000300. The third-order valence-electron chi connectivity index (χ3n) is 5.35. The van der Waals surface area contributed by atoms with Crippen molar-refractivity contribution in [2.24, 2.45) is 4.99 Å². The summed E-state index contributed by atoms with van der Waals surface area (Å²) in [7, 11) is 1.78. The Morgan fingerprint density at radius 1 is 1.14 bits per heavy atom. The average Bonchev–Trinajstić information content (AvgIpc) is 2.68. The highest BCUT2D eigenvalue weighted by Gasteiger charge is 2.26. The number of nitrogens with one attached hydrogen (secondary N) is 1. The van der Waals surface area contributed by atoms with Crippen LogP contribution in [0.15, 0.2) is 29.3 Å². The molecule has 6 nitrogen and oxygen atoms in total. The van der Waals surface area contributed by atoms with Gasteiger partial charge in [0.05, 0.1) is 18.2 Å². The van der Waals surface area contributed by atoms with Crippen molar-refractivity contribution in [1.29, 1.82) is 0 Å². The summed E-state index contributed by atoms with van der Waals surface area (Å²) in [6, 6.07) is 8.38. The quantitative estimate of drug-likeness (QED) is 0.383. The summed E-state index contributed by atoms with van der Waals surface area (Å²) in [5, 5.41) is 3.27. The van der Waals surface area contributed by atoms with Crippen LogP contribution in [0.25, 0.3) is 0 Å². The zero-order chi connectivity index (χ0) is 20.1. The number of carbonyl (C=O) groups excluding carboxylic acids is 1. The lowest BCUT2D eigenvalue weighted by molar-refractivity contribution is -0.130. The first-order valence-corrected chi connectivity index (χ1v) is 10.3. The number of halogens is 1. The van der Waals surface area contributed by atoms with Crippen LogP contribution in [0.3, 0.4) is 0 Å². The summed E-state index contributed by atoms with van der Waals surface area (Å²) in [5.74, 6) is 0.932. The molecule has 1 aromatic carbocycles. The smallest absolute Gasteiger partial charge is 0.242 e. The molecule has 1 aromatic rings. The van der Waals surface area contributed by atoms with Crippen LogP contribution in [0.5, 0.6) is 0 Å². The first-order chi connectivity index (χ1) is 13.4. The molecule has 1 amide bonds. The van der Waals surface area contributed by atoms with Crippen LogP contribution in [0.2, 0.25) is 0 Å². The maximum atomic E-state index is 12.7. The topological polar surface area (TPSA) is 57.2 Å². The van der Waals surface area contributed by atoms with Gasteiger partial charge in [-0.25, -0.2) is 0 Å². The number of piperidine rings is 1. The number of aliphatic imine (C=N–C) groups is 1. The number of benzene rings is 1. The molecule has 1 N–H and O–H groups in total. The Kier molecular flexibility index (Phi) is 8.75. The second-order valence-corrected chi connectivity index (χ2v) is 8.65. The van der Waals surface area contributed by atoms with Crippen LogP contribution in [0, 0.1) is 0 Å². The minimum atomic E-state index is -0.105. The predicted molar refractivity (Wildman–Crippen MR) is 128 cm³/mol. The molecule has 0 saturated carbocycles. The SMILES string of the molecule is CN=C(NCC(=O)N1CCc2ccccc2C1)N1CCC(OC(C)(C)C)CC1.I. The van der Waals surface area contributed by atoms with Crippen LogP contribution < -0.4 is 5.32 Å². The molecule has 1 saturated heterocycles. The molecule has 7 heteroatoms. The van der Waals surface area contributed by atoms with E-state index in [1.54, 1.807) is 7.05 Å². The van der Waals surface area contributed by atoms with E-state index in [0.717, 1.165) is 44.9 Å². The Morgan fingerprint density at radius 3 is 2.41 bits per heavy atom. The molecule has 0 spiro atoms. The van der Waals surface area contributed by atoms with E-state index in [2.05, 4.69) is 54.2 Å². The normalized spacial score (nSPS) is 18.1. The monoisotopic (exact) mass is 514 g/mol. The average molecular weight is 514 g/mol. The number of fused-ring (bicyclic) bond motifs is 1. The van der Waals surface area contributed by atoms with Crippen LogP contribution in [0.4, 0.5) is 0 Å². The van der Waals surface area contributed by atoms with Crippen molar-refractivity contribution in [3.05, 3.63) is 35.4 Å². The zero-order valence-electron chi connectivity index (χ0n) is 18.1. The Labute approximate surface area is 192 Å². The molecule has 0 bridgehead atoms. The lowest BCUT2D eigenvalue weighted by atomic mass is 10.00. The number of rotatable bonds is 3. The molecule has 2 aliphatic heterocycles. The van der Waals surface area contributed by atoms with Crippen molar-refractivity contribution in [2.75, 3.05) is 33.2 Å². The second kappa shape index (κ2) is 10.6. The number of nitrogens with zero attached hydrogens (tertiary/aromatic N) is 3. The van der Waals surface area contributed by atoms with Gasteiger partial charge in [0, 0.05) is 33.2 Å². The highest BCUT2D eigenvalue weighted by atomic mass is 127. The van der Waals surface area contributed by atoms with Crippen molar-refractivity contribution in [1.82, 2.24) is 15.1 Å². The van der Waals surface area contributed by atoms with Gasteiger partial charge >= 0.3 is 0 Å². The molecule has 0 aliphatic carbocycles. The molecular weight excluding hydrogens is 479 g/mol. The third-order valence-corrected chi connectivity index (χ3v) is 5.35. The van der Waals surface area contributed by atoms with Gasteiger partial charge in [0.15, 0.2) is 5.96 Å². The molecule has 0 radical (unpaired) electrons. The Bertz CT molecular complexity index is 709. The Morgan fingerprint density at radius 2 is 1.79 bits per heavy atom. The maximum absolute atomic E-state index is 12.7. The minimum absolute atomic E-state index is 0. The van der Waals surface area contributed by atoms with Crippen molar-refractivity contribution in [2.45, 2.75) is 58.3 Å². The standard InChI is InChI=1S/C22H34N4O2.HI/c1-22(2,3)28-19-10-13-25(14-11-19)21(23-4)24-15-20(27)26-12-9-17-7-5-6-8-18(17)16-26;/h5-8,19H,9-16H2,1-4H3,(H,23,24);1H. The predicted octanol–water partition coefficient (Wildman–Crippen LogP) is 3.04. The fourth-order valence-electron chi connectivity index (χ4n) is 3.99. The maximum Gasteiger partial charge on any atom is 0.242 e. The van der Waals surface area contributed by atoms with Gasteiger partial charge in [-0.1, -0.05) is 24.3 Å². The largest absolute Gasteiger partial charge is 0.372 e. The first-order valence-electron chi connectivity index (χ1n) is 10.3. The van der Waals surface area contributed by atoms with Gasteiger partial charge in [-0.2, -0.15) is 0 Å². The van der Waals surface area contributed by atoms with Crippen molar-refractivity contribution in [3.63, 3.8) is 0 Å². The lowest BCUT2D eigenvalue weighted by Gasteiger charge is -2.37. The van der Waals surface area contributed by atoms with E-state index < -0.39 is 0 Å². The van der Waals surface area contributed by atoms with Gasteiger partial charge in [0.2, 0.25) is 5.91 Å². The summed E-state index contributed by atoms with van der Waals surface area (Å²) in [4.78, 5) is 21.2. The number of hydrogen-bond acceptors (Lipinski definition) is 3. The molecule has 29 heavy (non-hydrogen) atoms. The molecule has 3 rings (SSSR count). The van der Waals surface area contributed by atoms with Gasteiger partial charge in [-0.05, 0) is 51.2 Å². The third kappa shape index (κ3) is 6.84. The number of hydrogen-bond donors (Lipinski definition) is 1.